The van der Waals surface area contributed by atoms with Crippen molar-refractivity contribution in [3.05, 3.63) is 0 Å². The number of hydrogen-bond donors (Lipinski definition) is 1. The number of carboxylic acid groups (broad SMARTS) is 1. The molecule has 3 nitrogen and oxygen atoms in total. The van der Waals surface area contributed by atoms with Gasteiger partial charge in [-0.1, -0.05) is 5.92 Å². The van der Waals surface area contributed by atoms with Gasteiger partial charge < -0.3 is 5.11 Å². The van der Waals surface area contributed by atoms with E-state index in [9.17, 15) is 18.0 Å². The number of nitrogens with zero attached hydrogens (tertiary/aromatic N) is 1. The molecule has 0 aromatic rings. The maximum atomic E-state index is 11.8. The minimum absolute atomic E-state index is 0.0377. The van der Waals surface area contributed by atoms with E-state index >= 15 is 0 Å². The van der Waals surface area contributed by atoms with Crippen LogP contribution in [0.2, 0.25) is 0 Å². The molecule has 0 bridgehead atoms. The molecule has 0 saturated carbocycles. The Morgan fingerprint density at radius 3 is 2.47 bits per heavy atom. The summed E-state index contributed by atoms with van der Waals surface area (Å²) in [6, 6.07) is 0. The van der Waals surface area contributed by atoms with Gasteiger partial charge >= 0.3 is 12.1 Å². The highest BCUT2D eigenvalue weighted by Crippen LogP contribution is 2.21. The Bertz CT molecular complexity index is 245. The van der Waals surface area contributed by atoms with Gasteiger partial charge in [-0.15, -0.1) is 6.42 Å². The first-order chi connectivity index (χ1) is 6.85. The molecule has 86 valence electrons. The molecule has 0 unspecified atom stereocenters. The summed E-state index contributed by atoms with van der Waals surface area (Å²) in [5, 5.41) is 8.44. The van der Waals surface area contributed by atoms with Gasteiger partial charge in [0.25, 0.3) is 0 Å². The summed E-state index contributed by atoms with van der Waals surface area (Å²) in [7, 11) is 0. The largest absolute Gasteiger partial charge is 0.480 e. The molecule has 0 fully saturated rings. The molecule has 0 spiro atoms. The molecule has 0 atom stereocenters. The van der Waals surface area contributed by atoms with Crippen molar-refractivity contribution in [1.29, 1.82) is 0 Å². The molecule has 1 N–H and O–H groups in total. The highest BCUT2D eigenvalue weighted by molar-refractivity contribution is 5.69. The predicted molar refractivity (Wildman–Crippen MR) is 48.2 cm³/mol. The first kappa shape index (κ1) is 13.8. The summed E-state index contributed by atoms with van der Waals surface area (Å²) < 4.78 is 35.3. The van der Waals surface area contributed by atoms with Crippen LogP contribution in [0.1, 0.15) is 12.8 Å². The van der Waals surface area contributed by atoms with Crippen LogP contribution in [-0.2, 0) is 4.79 Å². The minimum Gasteiger partial charge on any atom is -0.480 e. The van der Waals surface area contributed by atoms with Crippen molar-refractivity contribution in [3.63, 3.8) is 0 Å². The third-order valence-corrected chi connectivity index (χ3v) is 1.61. The summed E-state index contributed by atoms with van der Waals surface area (Å²) >= 11 is 0. The second kappa shape index (κ2) is 6.30. The monoisotopic (exact) mass is 223 g/mol. The lowest BCUT2D eigenvalue weighted by Crippen LogP contribution is -2.31. The van der Waals surface area contributed by atoms with Crippen LogP contribution in [0, 0.1) is 12.3 Å². The maximum absolute atomic E-state index is 11.8. The first-order valence-electron chi connectivity index (χ1n) is 4.29. The first-order valence-corrected chi connectivity index (χ1v) is 4.29. The highest BCUT2D eigenvalue weighted by atomic mass is 19.4. The molecule has 0 radical (unpaired) electrons. The lowest BCUT2D eigenvalue weighted by molar-refractivity contribution is -0.139. The van der Waals surface area contributed by atoms with Crippen LogP contribution in [0.4, 0.5) is 13.2 Å². The van der Waals surface area contributed by atoms with Crippen molar-refractivity contribution in [1.82, 2.24) is 4.90 Å². The van der Waals surface area contributed by atoms with Crippen LogP contribution < -0.4 is 0 Å². The van der Waals surface area contributed by atoms with E-state index in [2.05, 4.69) is 5.92 Å². The fraction of sp³-hybridized carbons (Fsp3) is 0.667. The average Bonchev–Trinajstić information content (AvgIpc) is 2.00. The van der Waals surface area contributed by atoms with Crippen molar-refractivity contribution >= 4 is 5.97 Å². The van der Waals surface area contributed by atoms with Crippen molar-refractivity contribution in [2.75, 3.05) is 19.6 Å². The van der Waals surface area contributed by atoms with Gasteiger partial charge in [-0.05, 0) is 6.42 Å². The molecule has 0 aromatic carbocycles. The molecule has 0 saturated heterocycles. The fourth-order valence-electron chi connectivity index (χ4n) is 1.04. The van der Waals surface area contributed by atoms with Crippen molar-refractivity contribution in [2.24, 2.45) is 0 Å². The molecule has 0 aliphatic heterocycles. The summed E-state index contributed by atoms with van der Waals surface area (Å²) in [5.74, 6) is 1.10. The summed E-state index contributed by atoms with van der Waals surface area (Å²) in [5.41, 5.74) is 0. The molecule has 0 aliphatic rings. The van der Waals surface area contributed by atoms with E-state index in [0.717, 1.165) is 0 Å². The molecule has 0 aliphatic carbocycles. The Labute approximate surface area is 85.9 Å². The standard InChI is InChI=1S/C9H12F3NO2/c1-2-5-13(7-8(14)15)6-3-4-9(10,11)12/h1H,3-7H2,(H,14,15). The Morgan fingerprint density at radius 1 is 1.47 bits per heavy atom. The number of halogens is 3. The number of terminal acetylenes is 1. The molecular weight excluding hydrogens is 211 g/mol. The number of carboxylic acids is 1. The smallest absolute Gasteiger partial charge is 0.389 e. The molecule has 15 heavy (non-hydrogen) atoms. The van der Waals surface area contributed by atoms with Crippen molar-refractivity contribution in [2.45, 2.75) is 19.0 Å². The van der Waals surface area contributed by atoms with E-state index in [1.807, 2.05) is 0 Å². The van der Waals surface area contributed by atoms with Gasteiger partial charge in [0.05, 0.1) is 13.1 Å². The number of hydrogen-bond acceptors (Lipinski definition) is 2. The van der Waals surface area contributed by atoms with Crippen LogP contribution in [0.5, 0.6) is 0 Å². The molecular formula is C9H12F3NO2. The topological polar surface area (TPSA) is 40.5 Å². The van der Waals surface area contributed by atoms with Gasteiger partial charge in [0.1, 0.15) is 0 Å². The maximum Gasteiger partial charge on any atom is 0.389 e. The zero-order valence-corrected chi connectivity index (χ0v) is 8.05. The van der Waals surface area contributed by atoms with E-state index in [1.54, 1.807) is 0 Å². The van der Waals surface area contributed by atoms with Gasteiger partial charge in [-0.2, -0.15) is 13.2 Å². The van der Waals surface area contributed by atoms with E-state index in [0.29, 0.717) is 0 Å². The minimum atomic E-state index is -4.20. The van der Waals surface area contributed by atoms with E-state index in [-0.39, 0.29) is 26.1 Å². The molecule has 0 rings (SSSR count). The van der Waals surface area contributed by atoms with E-state index in [4.69, 9.17) is 11.5 Å². The second-order valence-corrected chi connectivity index (χ2v) is 3.03. The lowest BCUT2D eigenvalue weighted by Gasteiger charge is -2.17. The molecule has 0 amide bonds. The number of aliphatic carboxylic acids is 1. The molecule has 0 heterocycles. The van der Waals surface area contributed by atoms with Gasteiger partial charge in [-0.3, -0.25) is 9.69 Å². The van der Waals surface area contributed by atoms with Gasteiger partial charge in [-0.25, -0.2) is 0 Å². The van der Waals surface area contributed by atoms with Crippen molar-refractivity contribution in [3.8, 4) is 12.3 Å². The molecule has 0 aromatic heterocycles. The van der Waals surface area contributed by atoms with E-state index in [1.165, 1.54) is 4.90 Å². The van der Waals surface area contributed by atoms with Gasteiger partial charge in [0, 0.05) is 13.0 Å². The fourth-order valence-corrected chi connectivity index (χ4v) is 1.04. The Hall–Kier alpha value is -1.22. The third-order valence-electron chi connectivity index (χ3n) is 1.61. The second-order valence-electron chi connectivity index (χ2n) is 3.03. The zero-order chi connectivity index (χ0) is 11.9. The van der Waals surface area contributed by atoms with Crippen LogP contribution in [-0.4, -0.2) is 41.8 Å². The van der Waals surface area contributed by atoms with E-state index < -0.39 is 18.6 Å². The lowest BCUT2D eigenvalue weighted by atomic mass is 10.3. The Kier molecular flexibility index (Phi) is 5.79. The Morgan fingerprint density at radius 2 is 2.07 bits per heavy atom. The van der Waals surface area contributed by atoms with Crippen molar-refractivity contribution < 1.29 is 23.1 Å². The number of alkyl halides is 3. The molecule has 6 heteroatoms. The SMILES string of the molecule is C#CCN(CCCC(F)(F)F)CC(=O)O. The number of rotatable bonds is 6. The average molecular weight is 223 g/mol. The number of carbonyl (C=O) groups is 1. The van der Waals surface area contributed by atoms with Crippen LogP contribution in [0.3, 0.4) is 0 Å². The predicted octanol–water partition coefficient (Wildman–Crippen LogP) is 1.35. The quantitative estimate of drug-likeness (QED) is 0.691. The summed E-state index contributed by atoms with van der Waals surface area (Å²) in [4.78, 5) is 11.6. The van der Waals surface area contributed by atoms with Gasteiger partial charge in [0.2, 0.25) is 0 Å². The third kappa shape index (κ3) is 9.09. The highest BCUT2D eigenvalue weighted by Gasteiger charge is 2.26. The van der Waals surface area contributed by atoms with Crippen LogP contribution >= 0.6 is 0 Å². The normalized spacial score (nSPS) is 11.4. The zero-order valence-electron chi connectivity index (χ0n) is 8.05. The van der Waals surface area contributed by atoms with Crippen LogP contribution in [0.15, 0.2) is 0 Å². The Balaban J connectivity index is 3.87. The summed E-state index contributed by atoms with van der Waals surface area (Å²) in [6.45, 7) is -0.248. The van der Waals surface area contributed by atoms with Crippen LogP contribution in [0.25, 0.3) is 0 Å². The van der Waals surface area contributed by atoms with Gasteiger partial charge in [0.15, 0.2) is 0 Å². The summed E-state index contributed by atoms with van der Waals surface area (Å²) in [6.07, 6.45) is -0.311.